The van der Waals surface area contributed by atoms with Crippen molar-refractivity contribution in [2.45, 2.75) is 6.42 Å². The molecule has 0 saturated heterocycles. The van der Waals surface area contributed by atoms with Crippen molar-refractivity contribution in [2.24, 2.45) is 0 Å². The van der Waals surface area contributed by atoms with Crippen molar-refractivity contribution in [2.75, 3.05) is 0 Å². The van der Waals surface area contributed by atoms with Crippen LogP contribution in [0.4, 0.5) is 0 Å². The molecule has 2 heteroatoms. The summed E-state index contributed by atoms with van der Waals surface area (Å²) in [4.78, 5) is 0. The molecule has 1 aliphatic rings. The first kappa shape index (κ1) is 8.36. The number of fused-ring (bicyclic) bond motifs is 2. The van der Waals surface area contributed by atoms with E-state index in [2.05, 4.69) is 12.1 Å². The third kappa shape index (κ3) is 1.34. The molecule has 0 amide bonds. The molecule has 2 nitrogen and oxygen atoms in total. The molecule has 15 heavy (non-hydrogen) atoms. The van der Waals surface area contributed by atoms with Crippen LogP contribution in [-0.4, -0.2) is 5.11 Å². The quantitative estimate of drug-likeness (QED) is 0.704. The maximum Gasteiger partial charge on any atom is 0.278 e. The van der Waals surface area contributed by atoms with Crippen LogP contribution in [0.5, 0.6) is 5.75 Å². The number of hydrogen-bond acceptors (Lipinski definition) is 2. The van der Waals surface area contributed by atoms with E-state index in [1.54, 1.807) is 6.08 Å². The Balaban J connectivity index is 2.23. The standard InChI is InChI=1S/C13H10O2/c14-13-6-5-11-7-9-3-1-2-4-10(9)8-12(11)15-13/h1-4,6-8,14H,5H2. The Hall–Kier alpha value is -1.96. The van der Waals surface area contributed by atoms with E-state index in [1.165, 1.54) is 5.39 Å². The van der Waals surface area contributed by atoms with Gasteiger partial charge >= 0.3 is 0 Å². The van der Waals surface area contributed by atoms with Crippen LogP contribution in [0.3, 0.4) is 0 Å². The van der Waals surface area contributed by atoms with E-state index < -0.39 is 0 Å². The molecule has 0 atom stereocenters. The first-order valence-corrected chi connectivity index (χ1v) is 4.91. The van der Waals surface area contributed by atoms with Crippen LogP contribution < -0.4 is 4.74 Å². The molecule has 0 unspecified atom stereocenters. The Morgan fingerprint density at radius 1 is 1.07 bits per heavy atom. The van der Waals surface area contributed by atoms with Crippen LogP contribution in [0.1, 0.15) is 5.56 Å². The monoisotopic (exact) mass is 198 g/mol. The summed E-state index contributed by atoms with van der Waals surface area (Å²) in [5, 5.41) is 11.6. The lowest BCUT2D eigenvalue weighted by molar-refractivity contribution is 0.201. The van der Waals surface area contributed by atoms with E-state index in [4.69, 9.17) is 4.74 Å². The van der Waals surface area contributed by atoms with Gasteiger partial charge in [0.1, 0.15) is 5.75 Å². The molecule has 3 rings (SSSR count). The van der Waals surface area contributed by atoms with Crippen LogP contribution in [0.15, 0.2) is 48.4 Å². The van der Waals surface area contributed by atoms with E-state index in [1.807, 2.05) is 24.3 Å². The first-order chi connectivity index (χ1) is 7.33. The second kappa shape index (κ2) is 3.02. The lowest BCUT2D eigenvalue weighted by Gasteiger charge is -2.15. The molecular formula is C13H10O2. The van der Waals surface area contributed by atoms with Gasteiger partial charge in [-0.1, -0.05) is 24.3 Å². The molecular weight excluding hydrogens is 188 g/mol. The molecule has 0 fully saturated rings. The molecule has 1 heterocycles. The Labute approximate surface area is 87.4 Å². The molecule has 0 radical (unpaired) electrons. The van der Waals surface area contributed by atoms with Crippen molar-refractivity contribution in [1.82, 2.24) is 0 Å². The van der Waals surface area contributed by atoms with Gasteiger partial charge in [-0.15, -0.1) is 0 Å². The van der Waals surface area contributed by atoms with Crippen LogP contribution in [0.2, 0.25) is 0 Å². The number of allylic oxidation sites excluding steroid dienone is 1. The molecule has 2 aromatic carbocycles. The fourth-order valence-corrected chi connectivity index (χ4v) is 1.87. The number of rotatable bonds is 0. The van der Waals surface area contributed by atoms with Gasteiger partial charge in [0.25, 0.3) is 5.95 Å². The number of aliphatic hydroxyl groups excluding tert-OH is 1. The SMILES string of the molecule is OC1=CCc2cc3ccccc3cc2O1. The van der Waals surface area contributed by atoms with E-state index in [9.17, 15) is 5.11 Å². The Morgan fingerprint density at radius 3 is 2.60 bits per heavy atom. The maximum absolute atomic E-state index is 9.27. The topological polar surface area (TPSA) is 29.5 Å². The average Bonchev–Trinajstić information content (AvgIpc) is 2.26. The molecule has 2 aromatic rings. The summed E-state index contributed by atoms with van der Waals surface area (Å²) >= 11 is 0. The van der Waals surface area contributed by atoms with Crippen molar-refractivity contribution >= 4 is 10.8 Å². The van der Waals surface area contributed by atoms with E-state index in [0.29, 0.717) is 0 Å². The van der Waals surface area contributed by atoms with Crippen molar-refractivity contribution in [3.63, 3.8) is 0 Å². The van der Waals surface area contributed by atoms with Gasteiger partial charge in [0.2, 0.25) is 0 Å². The molecule has 0 aliphatic carbocycles. The van der Waals surface area contributed by atoms with Crippen molar-refractivity contribution in [1.29, 1.82) is 0 Å². The molecule has 74 valence electrons. The van der Waals surface area contributed by atoms with Gasteiger partial charge in [0.05, 0.1) is 0 Å². The second-order valence-electron chi connectivity index (χ2n) is 3.66. The Morgan fingerprint density at radius 2 is 1.80 bits per heavy atom. The third-order valence-electron chi connectivity index (χ3n) is 2.64. The third-order valence-corrected chi connectivity index (χ3v) is 2.64. The minimum Gasteiger partial charge on any atom is -0.481 e. The van der Waals surface area contributed by atoms with Crippen molar-refractivity contribution in [3.05, 3.63) is 54.0 Å². The van der Waals surface area contributed by atoms with Crippen molar-refractivity contribution < 1.29 is 9.84 Å². The lowest BCUT2D eigenvalue weighted by atomic mass is 10.0. The minimum atomic E-state index is -0.00205. The highest BCUT2D eigenvalue weighted by molar-refractivity contribution is 5.85. The summed E-state index contributed by atoms with van der Waals surface area (Å²) in [6, 6.07) is 12.2. The molecule has 0 spiro atoms. The zero-order valence-corrected chi connectivity index (χ0v) is 8.10. The highest BCUT2D eigenvalue weighted by Crippen LogP contribution is 2.30. The van der Waals surface area contributed by atoms with Crippen LogP contribution >= 0.6 is 0 Å². The van der Waals surface area contributed by atoms with Gasteiger partial charge in [-0.25, -0.2) is 0 Å². The highest BCUT2D eigenvalue weighted by Gasteiger charge is 2.12. The fraction of sp³-hybridized carbons (Fsp3) is 0.0769. The predicted octanol–water partition coefficient (Wildman–Crippen LogP) is 3.17. The Kier molecular flexibility index (Phi) is 1.68. The van der Waals surface area contributed by atoms with E-state index in [0.717, 1.165) is 23.1 Å². The van der Waals surface area contributed by atoms with Gasteiger partial charge in [-0.2, -0.15) is 0 Å². The fourth-order valence-electron chi connectivity index (χ4n) is 1.87. The zero-order chi connectivity index (χ0) is 10.3. The second-order valence-corrected chi connectivity index (χ2v) is 3.66. The summed E-state index contributed by atoms with van der Waals surface area (Å²) in [6.07, 6.45) is 2.41. The molecule has 0 saturated carbocycles. The molecule has 0 aromatic heterocycles. The summed E-state index contributed by atoms with van der Waals surface area (Å²) in [5.41, 5.74) is 1.12. The largest absolute Gasteiger partial charge is 0.481 e. The van der Waals surface area contributed by atoms with Gasteiger partial charge in [-0.3, -0.25) is 0 Å². The number of ether oxygens (including phenoxy) is 1. The first-order valence-electron chi connectivity index (χ1n) is 4.91. The maximum atomic E-state index is 9.27. The van der Waals surface area contributed by atoms with Gasteiger partial charge in [-0.05, 0) is 28.5 Å². The Bertz CT molecular complexity index is 555. The smallest absolute Gasteiger partial charge is 0.278 e. The highest BCUT2D eigenvalue weighted by atomic mass is 16.6. The average molecular weight is 198 g/mol. The summed E-state index contributed by atoms with van der Waals surface area (Å²) in [6.45, 7) is 0. The van der Waals surface area contributed by atoms with E-state index >= 15 is 0 Å². The predicted molar refractivity (Wildman–Crippen MR) is 59.0 cm³/mol. The van der Waals surface area contributed by atoms with Gasteiger partial charge in [0.15, 0.2) is 0 Å². The molecule has 1 aliphatic heterocycles. The minimum absolute atomic E-state index is 0.00205. The zero-order valence-electron chi connectivity index (χ0n) is 8.10. The van der Waals surface area contributed by atoms with E-state index in [-0.39, 0.29) is 5.95 Å². The summed E-state index contributed by atoms with van der Waals surface area (Å²) < 4.78 is 5.26. The summed E-state index contributed by atoms with van der Waals surface area (Å²) in [7, 11) is 0. The number of benzene rings is 2. The lowest BCUT2D eigenvalue weighted by Crippen LogP contribution is -2.03. The number of hydrogen-bond donors (Lipinski definition) is 1. The van der Waals surface area contributed by atoms with Gasteiger partial charge in [0, 0.05) is 12.5 Å². The van der Waals surface area contributed by atoms with Crippen LogP contribution in [0, 0.1) is 0 Å². The summed E-state index contributed by atoms with van der Waals surface area (Å²) in [5.74, 6) is 0.756. The van der Waals surface area contributed by atoms with Crippen molar-refractivity contribution in [3.8, 4) is 5.75 Å². The van der Waals surface area contributed by atoms with Crippen LogP contribution in [-0.2, 0) is 6.42 Å². The number of aliphatic hydroxyl groups is 1. The molecule has 1 N–H and O–H groups in total. The normalized spacial score (nSPS) is 14.3. The van der Waals surface area contributed by atoms with Gasteiger partial charge < -0.3 is 9.84 Å². The molecule has 0 bridgehead atoms. The van der Waals surface area contributed by atoms with Crippen LogP contribution in [0.25, 0.3) is 10.8 Å².